The number of hydrogen-bond donors (Lipinski definition) is 0. The first-order chi connectivity index (χ1) is 8.24. The van der Waals surface area contributed by atoms with Crippen molar-refractivity contribution in [1.29, 1.82) is 0 Å². The third-order valence-corrected chi connectivity index (χ3v) is 4.75. The summed E-state index contributed by atoms with van der Waals surface area (Å²) in [5.41, 5.74) is 3.01. The van der Waals surface area contributed by atoms with Gasteiger partial charge in [-0.1, -0.05) is 36.2 Å². The molecule has 3 rings (SSSR count). The Balaban J connectivity index is 1.87. The van der Waals surface area contributed by atoms with Gasteiger partial charge in [0.15, 0.2) is 0 Å². The number of rotatable bonds is 1. The maximum atomic E-state index is 2.53. The number of hydrogen-bond acceptors (Lipinski definition) is 1. The SMILES string of the molecule is Cc1cccc([C@@H]2CCCC3CN(C)CC32)c1. The van der Waals surface area contributed by atoms with Crippen LogP contribution in [0.4, 0.5) is 0 Å². The molecule has 17 heavy (non-hydrogen) atoms. The molecular formula is C16H23N. The molecule has 92 valence electrons. The molecule has 2 unspecified atom stereocenters. The Labute approximate surface area is 105 Å². The van der Waals surface area contributed by atoms with E-state index in [1.807, 2.05) is 0 Å². The molecular weight excluding hydrogens is 206 g/mol. The molecule has 1 heterocycles. The minimum absolute atomic E-state index is 0.818. The van der Waals surface area contributed by atoms with Crippen LogP contribution in [0.25, 0.3) is 0 Å². The van der Waals surface area contributed by atoms with Crippen LogP contribution in [-0.4, -0.2) is 25.0 Å². The van der Waals surface area contributed by atoms with Crippen molar-refractivity contribution in [3.05, 3.63) is 35.4 Å². The number of fused-ring (bicyclic) bond motifs is 1. The standard InChI is InChI=1S/C16H23N/c1-12-5-3-6-13(9-12)15-8-4-7-14-10-17(2)11-16(14)15/h3,5-6,9,14-16H,4,7-8,10-11H2,1-2H3/t14?,15-,16?/m0/s1. The molecule has 3 atom stereocenters. The zero-order valence-electron chi connectivity index (χ0n) is 11.0. The van der Waals surface area contributed by atoms with Crippen molar-refractivity contribution >= 4 is 0 Å². The molecule has 2 fully saturated rings. The fourth-order valence-corrected chi connectivity index (χ4v) is 4.01. The third kappa shape index (κ3) is 2.13. The highest BCUT2D eigenvalue weighted by Crippen LogP contribution is 2.44. The fourth-order valence-electron chi connectivity index (χ4n) is 4.01. The first kappa shape index (κ1) is 11.3. The minimum Gasteiger partial charge on any atom is -0.306 e. The van der Waals surface area contributed by atoms with E-state index in [4.69, 9.17) is 0 Å². The zero-order valence-corrected chi connectivity index (χ0v) is 11.0. The fraction of sp³-hybridized carbons (Fsp3) is 0.625. The molecule has 0 radical (unpaired) electrons. The molecule has 1 nitrogen and oxygen atoms in total. The maximum Gasteiger partial charge on any atom is 0.00157 e. The molecule has 1 saturated heterocycles. The topological polar surface area (TPSA) is 3.24 Å². The minimum atomic E-state index is 0.818. The van der Waals surface area contributed by atoms with E-state index in [0.717, 1.165) is 17.8 Å². The molecule has 1 heteroatoms. The first-order valence-corrected chi connectivity index (χ1v) is 6.99. The van der Waals surface area contributed by atoms with Gasteiger partial charge in [0.25, 0.3) is 0 Å². The van der Waals surface area contributed by atoms with Gasteiger partial charge in [0.1, 0.15) is 0 Å². The Morgan fingerprint density at radius 1 is 1.18 bits per heavy atom. The second kappa shape index (κ2) is 4.45. The Morgan fingerprint density at radius 3 is 2.88 bits per heavy atom. The first-order valence-electron chi connectivity index (χ1n) is 6.99. The average molecular weight is 229 g/mol. The molecule has 1 saturated carbocycles. The van der Waals surface area contributed by atoms with Crippen LogP contribution in [0, 0.1) is 18.8 Å². The van der Waals surface area contributed by atoms with Gasteiger partial charge < -0.3 is 4.90 Å². The summed E-state index contributed by atoms with van der Waals surface area (Å²) in [7, 11) is 2.28. The van der Waals surface area contributed by atoms with Crippen LogP contribution >= 0.6 is 0 Å². The van der Waals surface area contributed by atoms with Crippen LogP contribution in [0.15, 0.2) is 24.3 Å². The van der Waals surface area contributed by atoms with Crippen LogP contribution in [0.5, 0.6) is 0 Å². The monoisotopic (exact) mass is 229 g/mol. The summed E-state index contributed by atoms with van der Waals surface area (Å²) in [6.07, 6.45) is 4.28. The van der Waals surface area contributed by atoms with E-state index < -0.39 is 0 Å². The van der Waals surface area contributed by atoms with E-state index in [-0.39, 0.29) is 0 Å². The molecule has 0 N–H and O–H groups in total. The highest BCUT2D eigenvalue weighted by atomic mass is 15.1. The van der Waals surface area contributed by atoms with Gasteiger partial charge in [-0.3, -0.25) is 0 Å². The van der Waals surface area contributed by atoms with Crippen molar-refractivity contribution < 1.29 is 0 Å². The van der Waals surface area contributed by atoms with Gasteiger partial charge in [-0.25, -0.2) is 0 Å². The third-order valence-electron chi connectivity index (χ3n) is 4.75. The molecule has 0 amide bonds. The predicted octanol–water partition coefficient (Wildman–Crippen LogP) is 3.44. The predicted molar refractivity (Wildman–Crippen MR) is 72.2 cm³/mol. The van der Waals surface area contributed by atoms with Crippen molar-refractivity contribution in [2.45, 2.75) is 32.1 Å². The van der Waals surface area contributed by atoms with E-state index in [1.165, 1.54) is 37.9 Å². The van der Waals surface area contributed by atoms with Gasteiger partial charge in [0.05, 0.1) is 0 Å². The molecule has 0 spiro atoms. The molecule has 0 aromatic heterocycles. The van der Waals surface area contributed by atoms with Gasteiger partial charge in [0.2, 0.25) is 0 Å². The van der Waals surface area contributed by atoms with E-state index in [1.54, 1.807) is 5.56 Å². The second-order valence-electron chi connectivity index (χ2n) is 6.10. The molecule has 1 aliphatic carbocycles. The lowest BCUT2D eigenvalue weighted by atomic mass is 9.71. The number of aryl methyl sites for hydroxylation is 1. The lowest BCUT2D eigenvalue weighted by molar-refractivity contribution is 0.258. The second-order valence-corrected chi connectivity index (χ2v) is 6.10. The van der Waals surface area contributed by atoms with E-state index in [0.29, 0.717) is 0 Å². The van der Waals surface area contributed by atoms with Crippen LogP contribution in [0.2, 0.25) is 0 Å². The largest absolute Gasteiger partial charge is 0.306 e. The van der Waals surface area contributed by atoms with Crippen LogP contribution < -0.4 is 0 Å². The van der Waals surface area contributed by atoms with Gasteiger partial charge in [-0.05, 0) is 50.1 Å². The van der Waals surface area contributed by atoms with Gasteiger partial charge in [0, 0.05) is 13.1 Å². The normalized spacial score (nSPS) is 33.6. The van der Waals surface area contributed by atoms with Crippen LogP contribution in [-0.2, 0) is 0 Å². The maximum absolute atomic E-state index is 2.53. The Kier molecular flexibility index (Phi) is 2.96. The quantitative estimate of drug-likeness (QED) is 0.713. The molecule has 1 aromatic carbocycles. The van der Waals surface area contributed by atoms with Crippen molar-refractivity contribution in [3.63, 3.8) is 0 Å². The van der Waals surface area contributed by atoms with Crippen LogP contribution in [0.1, 0.15) is 36.3 Å². The van der Waals surface area contributed by atoms with Gasteiger partial charge in [-0.2, -0.15) is 0 Å². The molecule has 1 aliphatic heterocycles. The highest BCUT2D eigenvalue weighted by molar-refractivity contribution is 5.27. The smallest absolute Gasteiger partial charge is 0.00157 e. The van der Waals surface area contributed by atoms with E-state index >= 15 is 0 Å². The lowest BCUT2D eigenvalue weighted by Crippen LogP contribution is -2.25. The summed E-state index contributed by atoms with van der Waals surface area (Å²) in [6, 6.07) is 9.20. The number of likely N-dealkylation sites (tertiary alicyclic amines) is 1. The number of benzene rings is 1. The average Bonchev–Trinajstić information content (AvgIpc) is 2.68. The van der Waals surface area contributed by atoms with Crippen molar-refractivity contribution in [2.75, 3.05) is 20.1 Å². The Bertz CT molecular complexity index is 398. The van der Waals surface area contributed by atoms with Crippen molar-refractivity contribution in [2.24, 2.45) is 11.8 Å². The highest BCUT2D eigenvalue weighted by Gasteiger charge is 2.39. The summed E-state index contributed by atoms with van der Waals surface area (Å²) in [5, 5.41) is 0. The zero-order chi connectivity index (χ0) is 11.8. The number of nitrogens with zero attached hydrogens (tertiary/aromatic N) is 1. The van der Waals surface area contributed by atoms with Gasteiger partial charge >= 0.3 is 0 Å². The molecule has 2 aliphatic rings. The van der Waals surface area contributed by atoms with Crippen LogP contribution in [0.3, 0.4) is 0 Å². The Hall–Kier alpha value is -0.820. The summed E-state index contributed by atoms with van der Waals surface area (Å²) in [4.78, 5) is 2.53. The van der Waals surface area contributed by atoms with E-state index in [9.17, 15) is 0 Å². The van der Waals surface area contributed by atoms with Gasteiger partial charge in [-0.15, -0.1) is 0 Å². The molecule has 0 bridgehead atoms. The lowest BCUT2D eigenvalue weighted by Gasteiger charge is -2.33. The molecule has 1 aromatic rings. The van der Waals surface area contributed by atoms with Crippen molar-refractivity contribution in [1.82, 2.24) is 4.90 Å². The summed E-state index contributed by atoms with van der Waals surface area (Å²) in [6.45, 7) is 4.85. The summed E-state index contributed by atoms with van der Waals surface area (Å²) >= 11 is 0. The summed E-state index contributed by atoms with van der Waals surface area (Å²) < 4.78 is 0. The Morgan fingerprint density at radius 2 is 2.06 bits per heavy atom. The summed E-state index contributed by atoms with van der Waals surface area (Å²) in [5.74, 6) is 2.69. The van der Waals surface area contributed by atoms with E-state index in [2.05, 4.69) is 43.1 Å². The van der Waals surface area contributed by atoms with Crippen molar-refractivity contribution in [3.8, 4) is 0 Å².